The Morgan fingerprint density at radius 1 is 0.750 bits per heavy atom. The highest BCUT2D eigenvalue weighted by Crippen LogP contribution is 2.50. The minimum Gasteiger partial charge on any atom is -0.293 e. The van der Waals surface area contributed by atoms with Gasteiger partial charge in [-0.15, -0.1) is 0 Å². The molecule has 0 amide bonds. The number of fused-ring (bicyclic) bond motifs is 2. The van der Waals surface area contributed by atoms with E-state index in [1.807, 2.05) is 18.2 Å². The Labute approximate surface area is 165 Å². The molecule has 0 heterocycles. The van der Waals surface area contributed by atoms with Gasteiger partial charge in [0.2, 0.25) is 0 Å². The van der Waals surface area contributed by atoms with Crippen LogP contribution in [-0.2, 0) is 6.42 Å². The van der Waals surface area contributed by atoms with Crippen LogP contribution in [0.3, 0.4) is 0 Å². The Bertz CT molecular complexity index is 1040. The molecule has 28 heavy (non-hydrogen) atoms. The molecule has 0 fully saturated rings. The number of Topliss-reactive ketones (excluding diaryl/α,β-unsaturated/α-hetero) is 2. The van der Waals surface area contributed by atoms with Crippen LogP contribution < -0.4 is 0 Å². The van der Waals surface area contributed by atoms with Crippen molar-refractivity contribution in [3.8, 4) is 0 Å². The number of hydrogen-bond donors (Lipinski definition) is 0. The lowest BCUT2D eigenvalue weighted by molar-refractivity contribution is 0.0799. The lowest BCUT2D eigenvalue weighted by Crippen LogP contribution is -2.32. The molecule has 0 radical (unpaired) electrons. The first kappa shape index (κ1) is 17.1. The molecule has 5 rings (SSSR count). The van der Waals surface area contributed by atoms with Gasteiger partial charge in [0.15, 0.2) is 11.6 Å². The average Bonchev–Trinajstić information content (AvgIpc) is 2.98. The molecule has 0 bridgehead atoms. The molecular formula is C26H22O2. The van der Waals surface area contributed by atoms with Crippen LogP contribution in [-0.4, -0.2) is 11.6 Å². The van der Waals surface area contributed by atoms with Crippen molar-refractivity contribution >= 4 is 11.6 Å². The monoisotopic (exact) mass is 366 g/mol. The number of hydrogen-bond acceptors (Lipinski definition) is 2. The van der Waals surface area contributed by atoms with E-state index in [0.717, 1.165) is 12.8 Å². The first-order valence-electron chi connectivity index (χ1n) is 9.97. The molecule has 2 aliphatic carbocycles. The van der Waals surface area contributed by atoms with Crippen molar-refractivity contribution in [1.82, 2.24) is 0 Å². The van der Waals surface area contributed by atoms with Crippen LogP contribution >= 0.6 is 0 Å². The van der Waals surface area contributed by atoms with Crippen LogP contribution in [0.2, 0.25) is 0 Å². The van der Waals surface area contributed by atoms with Crippen LogP contribution in [0.4, 0.5) is 0 Å². The van der Waals surface area contributed by atoms with E-state index in [-0.39, 0.29) is 23.4 Å². The smallest absolute Gasteiger partial charge is 0.175 e. The lowest BCUT2D eigenvalue weighted by Gasteiger charge is -2.36. The zero-order valence-corrected chi connectivity index (χ0v) is 15.9. The number of aryl methyl sites for hydroxylation is 2. The predicted octanol–water partition coefficient (Wildman–Crippen LogP) is 5.50. The summed E-state index contributed by atoms with van der Waals surface area (Å²) in [6, 6.07) is 24.2. The van der Waals surface area contributed by atoms with Crippen LogP contribution in [0.5, 0.6) is 0 Å². The van der Waals surface area contributed by atoms with Gasteiger partial charge >= 0.3 is 0 Å². The molecule has 3 aromatic rings. The SMILES string of the molecule is Cc1ccc([C@@H]2CCc3ccccc3[C@@H]2C2C(=O)c3ccccc3C2=O)cc1. The Hall–Kier alpha value is -3.00. The molecule has 0 spiro atoms. The van der Waals surface area contributed by atoms with Crippen molar-refractivity contribution in [3.63, 3.8) is 0 Å². The molecule has 2 heteroatoms. The van der Waals surface area contributed by atoms with E-state index in [0.29, 0.717) is 11.1 Å². The zero-order valence-electron chi connectivity index (χ0n) is 15.9. The normalized spacial score (nSPS) is 21.5. The van der Waals surface area contributed by atoms with E-state index in [1.165, 1.54) is 22.3 Å². The second kappa shape index (κ2) is 6.56. The summed E-state index contributed by atoms with van der Waals surface area (Å²) >= 11 is 0. The molecule has 2 aliphatic rings. The van der Waals surface area contributed by atoms with Crippen molar-refractivity contribution in [2.45, 2.75) is 31.6 Å². The molecule has 138 valence electrons. The molecule has 0 saturated heterocycles. The highest BCUT2D eigenvalue weighted by atomic mass is 16.2. The maximum Gasteiger partial charge on any atom is 0.175 e. The fourth-order valence-electron chi connectivity index (χ4n) is 5.09. The van der Waals surface area contributed by atoms with Crippen LogP contribution in [0.15, 0.2) is 72.8 Å². The van der Waals surface area contributed by atoms with E-state index in [1.54, 1.807) is 12.1 Å². The van der Waals surface area contributed by atoms with Gasteiger partial charge in [-0.25, -0.2) is 0 Å². The van der Waals surface area contributed by atoms with E-state index >= 15 is 0 Å². The molecule has 0 aliphatic heterocycles. The van der Waals surface area contributed by atoms with Crippen LogP contribution in [0, 0.1) is 12.8 Å². The third kappa shape index (κ3) is 2.56. The van der Waals surface area contributed by atoms with Gasteiger partial charge in [-0.1, -0.05) is 78.4 Å². The highest BCUT2D eigenvalue weighted by Gasteiger charge is 2.48. The third-order valence-electron chi connectivity index (χ3n) is 6.46. The number of carbonyl (C=O) groups excluding carboxylic acids is 2. The first-order valence-corrected chi connectivity index (χ1v) is 9.97. The second-order valence-corrected chi connectivity index (χ2v) is 8.03. The lowest BCUT2D eigenvalue weighted by atomic mass is 9.65. The second-order valence-electron chi connectivity index (χ2n) is 8.03. The molecular weight excluding hydrogens is 344 g/mol. The van der Waals surface area contributed by atoms with Gasteiger partial charge in [0, 0.05) is 17.0 Å². The fraction of sp³-hybridized carbons (Fsp3) is 0.231. The molecule has 0 saturated carbocycles. The van der Waals surface area contributed by atoms with Crippen LogP contribution in [0.25, 0.3) is 0 Å². The summed E-state index contributed by atoms with van der Waals surface area (Å²) in [5.41, 5.74) is 6.05. The number of rotatable bonds is 2. The molecule has 2 nitrogen and oxygen atoms in total. The van der Waals surface area contributed by atoms with Gasteiger partial charge in [-0.05, 0) is 42.4 Å². The minimum absolute atomic E-state index is 0.0144. The topological polar surface area (TPSA) is 34.1 Å². The minimum atomic E-state index is -0.620. The van der Waals surface area contributed by atoms with Crippen molar-refractivity contribution in [1.29, 1.82) is 0 Å². The largest absolute Gasteiger partial charge is 0.293 e. The molecule has 0 unspecified atom stereocenters. The van der Waals surface area contributed by atoms with Gasteiger partial charge in [0.05, 0.1) is 5.92 Å². The number of carbonyl (C=O) groups is 2. The zero-order chi connectivity index (χ0) is 19.3. The standard InChI is InChI=1S/C26H22O2/c1-16-10-12-18(13-11-16)20-15-14-17-6-2-3-7-19(17)23(20)24-25(27)21-8-4-5-9-22(21)26(24)28/h2-13,20,23-24H,14-15H2,1H3/t20-,23-/m0/s1. The van der Waals surface area contributed by atoms with E-state index < -0.39 is 5.92 Å². The van der Waals surface area contributed by atoms with Gasteiger partial charge in [0.25, 0.3) is 0 Å². The van der Waals surface area contributed by atoms with Gasteiger partial charge in [-0.3, -0.25) is 9.59 Å². The summed E-state index contributed by atoms with van der Waals surface area (Å²) in [5.74, 6) is -0.591. The van der Waals surface area contributed by atoms with E-state index in [4.69, 9.17) is 0 Å². The summed E-state index contributed by atoms with van der Waals surface area (Å²) in [7, 11) is 0. The Morgan fingerprint density at radius 2 is 1.36 bits per heavy atom. The fourth-order valence-corrected chi connectivity index (χ4v) is 5.09. The van der Waals surface area contributed by atoms with Crippen molar-refractivity contribution in [2.75, 3.05) is 0 Å². The van der Waals surface area contributed by atoms with Crippen molar-refractivity contribution in [2.24, 2.45) is 5.92 Å². The first-order chi connectivity index (χ1) is 13.6. The molecule has 0 N–H and O–H groups in total. The predicted molar refractivity (Wildman–Crippen MR) is 110 cm³/mol. The van der Waals surface area contributed by atoms with E-state index in [2.05, 4.69) is 49.4 Å². The van der Waals surface area contributed by atoms with Gasteiger partial charge in [0.1, 0.15) is 0 Å². The maximum absolute atomic E-state index is 13.3. The number of ketones is 2. The summed E-state index contributed by atoms with van der Waals surface area (Å²) in [4.78, 5) is 26.7. The molecule has 0 aromatic heterocycles. The van der Waals surface area contributed by atoms with Crippen LogP contribution in [0.1, 0.15) is 61.2 Å². The van der Waals surface area contributed by atoms with Gasteiger partial charge < -0.3 is 0 Å². The maximum atomic E-state index is 13.3. The Kier molecular flexibility index (Phi) is 4.01. The number of benzene rings is 3. The summed E-state index contributed by atoms with van der Waals surface area (Å²) in [5, 5.41) is 0. The van der Waals surface area contributed by atoms with E-state index in [9.17, 15) is 9.59 Å². The summed E-state index contributed by atoms with van der Waals surface area (Å²) in [6.45, 7) is 2.08. The molecule has 2 atom stereocenters. The average molecular weight is 366 g/mol. The highest BCUT2D eigenvalue weighted by molar-refractivity contribution is 6.27. The van der Waals surface area contributed by atoms with Crippen molar-refractivity contribution in [3.05, 3.63) is 106 Å². The summed E-state index contributed by atoms with van der Waals surface area (Å²) < 4.78 is 0. The van der Waals surface area contributed by atoms with Crippen molar-refractivity contribution < 1.29 is 9.59 Å². The summed E-state index contributed by atoms with van der Waals surface area (Å²) in [6.07, 6.45) is 1.94. The Balaban J connectivity index is 1.66. The quantitative estimate of drug-likeness (QED) is 0.561. The molecule has 3 aromatic carbocycles. The Morgan fingerprint density at radius 3 is 2.04 bits per heavy atom. The third-order valence-corrected chi connectivity index (χ3v) is 6.46. The van der Waals surface area contributed by atoms with Gasteiger partial charge in [-0.2, -0.15) is 0 Å².